The molecule has 1 aromatic carbocycles. The molecule has 0 saturated heterocycles. The van der Waals surface area contributed by atoms with Crippen LogP contribution in [-0.2, 0) is 0 Å². The summed E-state index contributed by atoms with van der Waals surface area (Å²) in [7, 11) is 1.72. The number of benzene rings is 1. The van der Waals surface area contributed by atoms with E-state index < -0.39 is 0 Å². The SMILES string of the molecule is CCCCCCCCCCC(c1ccccc1)[NH+](C)[O-]. The number of quaternary nitrogens is 1. The Kier molecular flexibility index (Phi) is 9.35. The maximum absolute atomic E-state index is 11.8. The van der Waals surface area contributed by atoms with Gasteiger partial charge in [0, 0.05) is 12.0 Å². The fourth-order valence-electron chi connectivity index (χ4n) is 2.77. The van der Waals surface area contributed by atoms with Gasteiger partial charge in [0.15, 0.2) is 0 Å². The molecule has 0 radical (unpaired) electrons. The molecule has 2 unspecified atom stereocenters. The lowest BCUT2D eigenvalue weighted by atomic mass is 9.99. The highest BCUT2D eigenvalue weighted by atomic mass is 16.5. The van der Waals surface area contributed by atoms with E-state index in [-0.39, 0.29) is 6.04 Å². The van der Waals surface area contributed by atoms with Gasteiger partial charge in [-0.1, -0.05) is 82.2 Å². The van der Waals surface area contributed by atoms with Crippen molar-refractivity contribution in [2.45, 2.75) is 70.8 Å². The molecule has 0 aromatic heterocycles. The van der Waals surface area contributed by atoms with E-state index in [1.54, 1.807) is 7.05 Å². The summed E-state index contributed by atoms with van der Waals surface area (Å²) >= 11 is 0. The van der Waals surface area contributed by atoms with Gasteiger partial charge in [-0.3, -0.25) is 0 Å². The van der Waals surface area contributed by atoms with Gasteiger partial charge in [-0.05, 0) is 6.42 Å². The second-order valence-electron chi connectivity index (χ2n) is 5.84. The minimum absolute atomic E-state index is 0.108. The number of hydroxylamine groups is 2. The van der Waals surface area contributed by atoms with Crippen molar-refractivity contribution in [3.05, 3.63) is 41.1 Å². The number of rotatable bonds is 11. The van der Waals surface area contributed by atoms with Gasteiger partial charge in [-0.15, -0.1) is 0 Å². The first kappa shape index (κ1) is 17.2. The molecule has 0 fully saturated rings. The summed E-state index contributed by atoms with van der Waals surface area (Å²) in [4.78, 5) is 0. The largest absolute Gasteiger partial charge is 0.634 e. The second kappa shape index (κ2) is 10.9. The molecule has 0 aliphatic rings. The Hall–Kier alpha value is -0.860. The molecule has 0 heterocycles. The van der Waals surface area contributed by atoms with Gasteiger partial charge in [-0.2, -0.15) is 0 Å². The molecule has 0 spiro atoms. The minimum Gasteiger partial charge on any atom is -0.634 e. The third-order valence-corrected chi connectivity index (χ3v) is 4.04. The first-order valence-corrected chi connectivity index (χ1v) is 8.31. The van der Waals surface area contributed by atoms with Crippen LogP contribution in [0.2, 0.25) is 0 Å². The topological polar surface area (TPSA) is 27.5 Å². The van der Waals surface area contributed by atoms with E-state index in [0.29, 0.717) is 5.06 Å². The third-order valence-electron chi connectivity index (χ3n) is 4.04. The monoisotopic (exact) mass is 277 g/mol. The Bertz CT molecular complexity index is 323. The Balaban J connectivity index is 2.18. The zero-order valence-corrected chi connectivity index (χ0v) is 13.2. The molecule has 2 nitrogen and oxygen atoms in total. The predicted molar refractivity (Wildman–Crippen MR) is 86.7 cm³/mol. The van der Waals surface area contributed by atoms with E-state index in [2.05, 4.69) is 19.1 Å². The van der Waals surface area contributed by atoms with Gasteiger partial charge < -0.3 is 10.3 Å². The van der Waals surface area contributed by atoms with Gasteiger partial charge in [-0.25, -0.2) is 0 Å². The molecule has 0 saturated carbocycles. The summed E-state index contributed by atoms with van der Waals surface area (Å²) in [5.41, 5.74) is 1.18. The van der Waals surface area contributed by atoms with Crippen molar-refractivity contribution in [3.8, 4) is 0 Å². The van der Waals surface area contributed by atoms with Crippen molar-refractivity contribution in [1.29, 1.82) is 0 Å². The first-order valence-electron chi connectivity index (χ1n) is 8.31. The molecule has 0 bridgehead atoms. The highest BCUT2D eigenvalue weighted by Crippen LogP contribution is 2.17. The fraction of sp³-hybridized carbons (Fsp3) is 0.667. The van der Waals surface area contributed by atoms with Crippen LogP contribution in [-0.4, -0.2) is 7.05 Å². The van der Waals surface area contributed by atoms with Crippen LogP contribution >= 0.6 is 0 Å². The molecule has 0 aliphatic heterocycles. The lowest BCUT2D eigenvalue weighted by Crippen LogP contribution is -3.04. The minimum atomic E-state index is 0.108. The summed E-state index contributed by atoms with van der Waals surface area (Å²) in [6.07, 6.45) is 11.6. The maximum Gasteiger partial charge on any atom is 0.113 e. The van der Waals surface area contributed by atoms with E-state index in [1.165, 1.54) is 56.9 Å². The van der Waals surface area contributed by atoms with E-state index in [4.69, 9.17) is 0 Å². The Morgan fingerprint density at radius 1 is 0.900 bits per heavy atom. The van der Waals surface area contributed by atoms with Crippen molar-refractivity contribution in [3.63, 3.8) is 0 Å². The molecule has 1 N–H and O–H groups in total. The quantitative estimate of drug-likeness (QED) is 0.474. The van der Waals surface area contributed by atoms with E-state index in [9.17, 15) is 5.21 Å². The van der Waals surface area contributed by atoms with Crippen molar-refractivity contribution < 1.29 is 5.06 Å². The van der Waals surface area contributed by atoms with Gasteiger partial charge in [0.2, 0.25) is 0 Å². The molecular formula is C18H31NO. The predicted octanol–water partition coefficient (Wildman–Crippen LogP) is 4.27. The van der Waals surface area contributed by atoms with Crippen LogP contribution in [0, 0.1) is 5.21 Å². The fourth-order valence-corrected chi connectivity index (χ4v) is 2.77. The molecule has 1 rings (SSSR count). The molecule has 2 heteroatoms. The average molecular weight is 277 g/mol. The van der Waals surface area contributed by atoms with Gasteiger partial charge in [0.25, 0.3) is 0 Å². The van der Waals surface area contributed by atoms with Crippen LogP contribution in [0.3, 0.4) is 0 Å². The molecular weight excluding hydrogens is 246 g/mol. The Morgan fingerprint density at radius 2 is 1.45 bits per heavy atom. The zero-order valence-electron chi connectivity index (χ0n) is 13.2. The Labute approximate surface area is 124 Å². The van der Waals surface area contributed by atoms with Crippen molar-refractivity contribution >= 4 is 0 Å². The zero-order chi connectivity index (χ0) is 14.6. The van der Waals surface area contributed by atoms with E-state index in [1.807, 2.05) is 18.2 Å². The van der Waals surface area contributed by atoms with E-state index in [0.717, 1.165) is 6.42 Å². The molecule has 1 aromatic rings. The Morgan fingerprint density at radius 3 is 2.00 bits per heavy atom. The lowest BCUT2D eigenvalue weighted by Gasteiger charge is -2.28. The summed E-state index contributed by atoms with van der Waals surface area (Å²) in [6.45, 7) is 2.26. The smallest absolute Gasteiger partial charge is 0.113 e. The number of hydrogen-bond acceptors (Lipinski definition) is 1. The van der Waals surface area contributed by atoms with Crippen LogP contribution in [0.25, 0.3) is 0 Å². The average Bonchev–Trinajstić information content (AvgIpc) is 2.46. The van der Waals surface area contributed by atoms with Gasteiger partial charge in [0.05, 0.1) is 7.05 Å². The summed E-state index contributed by atoms with van der Waals surface area (Å²) in [5, 5.41) is 12.1. The summed E-state index contributed by atoms with van der Waals surface area (Å²) < 4.78 is 0. The number of nitrogens with one attached hydrogen (secondary N) is 1. The van der Waals surface area contributed by atoms with Crippen LogP contribution in [0.4, 0.5) is 0 Å². The van der Waals surface area contributed by atoms with Crippen molar-refractivity contribution in [2.24, 2.45) is 0 Å². The third kappa shape index (κ3) is 7.06. The maximum atomic E-state index is 11.8. The highest BCUT2D eigenvalue weighted by Gasteiger charge is 2.14. The van der Waals surface area contributed by atoms with Gasteiger partial charge >= 0.3 is 0 Å². The second-order valence-corrected chi connectivity index (χ2v) is 5.84. The van der Waals surface area contributed by atoms with Crippen molar-refractivity contribution in [1.82, 2.24) is 0 Å². The molecule has 114 valence electrons. The number of unbranched alkanes of at least 4 members (excludes halogenated alkanes) is 7. The van der Waals surface area contributed by atoms with Crippen LogP contribution in [0.15, 0.2) is 30.3 Å². The lowest BCUT2D eigenvalue weighted by molar-refractivity contribution is -0.861. The highest BCUT2D eigenvalue weighted by molar-refractivity contribution is 5.17. The van der Waals surface area contributed by atoms with Crippen LogP contribution in [0.5, 0.6) is 0 Å². The molecule has 2 atom stereocenters. The normalized spacial score (nSPS) is 14.2. The van der Waals surface area contributed by atoms with Crippen molar-refractivity contribution in [2.75, 3.05) is 7.05 Å². The molecule has 0 aliphatic carbocycles. The number of hydrogen-bond donors (Lipinski definition) is 1. The molecule has 0 amide bonds. The van der Waals surface area contributed by atoms with Crippen LogP contribution in [0.1, 0.15) is 76.3 Å². The first-order chi connectivity index (χ1) is 9.75. The molecule has 20 heavy (non-hydrogen) atoms. The summed E-state index contributed by atoms with van der Waals surface area (Å²) in [5.74, 6) is 0. The summed E-state index contributed by atoms with van der Waals surface area (Å²) in [6, 6.07) is 10.3. The van der Waals surface area contributed by atoms with Crippen LogP contribution < -0.4 is 5.06 Å². The van der Waals surface area contributed by atoms with Gasteiger partial charge in [0.1, 0.15) is 6.04 Å². The standard InChI is InChI=1S/C18H31NO/c1-3-4-5-6-7-8-9-13-16-18(19(2)20)17-14-11-10-12-15-17/h10-12,14-15,18-19H,3-9,13,16H2,1-2H3. The van der Waals surface area contributed by atoms with E-state index >= 15 is 0 Å².